The number of carbonyl (C=O) groups is 2. The van der Waals surface area contributed by atoms with Crippen LogP contribution in [-0.2, 0) is 11.2 Å². The molecule has 0 atom stereocenters. The molecule has 0 spiro atoms. The van der Waals surface area contributed by atoms with Crippen LogP contribution >= 0.6 is 0 Å². The highest BCUT2D eigenvalue weighted by molar-refractivity contribution is 5.94. The van der Waals surface area contributed by atoms with Crippen molar-refractivity contribution in [1.82, 2.24) is 5.32 Å². The number of para-hydroxylation sites is 1. The molecule has 0 unspecified atom stereocenters. The van der Waals surface area contributed by atoms with E-state index < -0.39 is 11.4 Å². The van der Waals surface area contributed by atoms with Gasteiger partial charge in [0.1, 0.15) is 0 Å². The summed E-state index contributed by atoms with van der Waals surface area (Å²) in [5, 5.41) is 11.7. The van der Waals surface area contributed by atoms with Gasteiger partial charge in [-0.25, -0.2) is 4.79 Å². The smallest absolute Gasteiger partial charge is 0.321 e. The summed E-state index contributed by atoms with van der Waals surface area (Å²) in [6, 6.07) is 7.52. The standard InChI is InChI=1S/C14H18N2O3/c1-14(2,12(17)18)9-15-13(19)16-8-7-10-5-3-4-6-11(10)16/h3-6H,7-9H2,1-2H3,(H,15,19)(H,17,18). The second-order valence-electron chi connectivity index (χ2n) is 5.38. The van der Waals surface area contributed by atoms with Gasteiger partial charge in [-0.2, -0.15) is 0 Å². The van der Waals surface area contributed by atoms with Crippen molar-refractivity contribution in [2.75, 3.05) is 18.0 Å². The Bertz CT molecular complexity index is 511. The number of anilines is 1. The second kappa shape index (κ2) is 4.91. The van der Waals surface area contributed by atoms with Crippen LogP contribution in [-0.4, -0.2) is 30.2 Å². The van der Waals surface area contributed by atoms with Crippen LogP contribution in [0.15, 0.2) is 24.3 Å². The van der Waals surface area contributed by atoms with Gasteiger partial charge >= 0.3 is 12.0 Å². The predicted octanol–water partition coefficient (Wildman–Crippen LogP) is 1.87. The van der Waals surface area contributed by atoms with E-state index in [1.807, 2.05) is 24.3 Å². The molecule has 0 saturated carbocycles. The molecule has 1 aliphatic heterocycles. The molecule has 0 aliphatic carbocycles. The van der Waals surface area contributed by atoms with Gasteiger partial charge in [0.15, 0.2) is 0 Å². The summed E-state index contributed by atoms with van der Waals surface area (Å²) < 4.78 is 0. The molecule has 5 heteroatoms. The molecule has 1 aliphatic rings. The molecular formula is C14H18N2O3. The first-order chi connectivity index (χ1) is 8.92. The van der Waals surface area contributed by atoms with E-state index in [2.05, 4.69) is 5.32 Å². The van der Waals surface area contributed by atoms with Crippen molar-refractivity contribution < 1.29 is 14.7 Å². The van der Waals surface area contributed by atoms with Gasteiger partial charge in [-0.3, -0.25) is 9.69 Å². The maximum absolute atomic E-state index is 12.1. The minimum absolute atomic E-state index is 0.111. The van der Waals surface area contributed by atoms with Crippen LogP contribution in [0.4, 0.5) is 10.5 Å². The topological polar surface area (TPSA) is 69.6 Å². The zero-order chi connectivity index (χ0) is 14.0. The normalized spacial score (nSPS) is 14.1. The summed E-state index contributed by atoms with van der Waals surface area (Å²) in [6.45, 7) is 3.93. The summed E-state index contributed by atoms with van der Waals surface area (Å²) in [5.74, 6) is -0.922. The van der Waals surface area contributed by atoms with Crippen molar-refractivity contribution in [2.45, 2.75) is 20.3 Å². The van der Waals surface area contributed by atoms with E-state index in [9.17, 15) is 9.59 Å². The Kier molecular flexibility index (Phi) is 3.46. The monoisotopic (exact) mass is 262 g/mol. The number of nitrogens with zero attached hydrogens (tertiary/aromatic N) is 1. The van der Waals surface area contributed by atoms with Crippen LogP contribution in [0.3, 0.4) is 0 Å². The fraction of sp³-hybridized carbons (Fsp3) is 0.429. The maximum Gasteiger partial charge on any atom is 0.321 e. The average Bonchev–Trinajstić information content (AvgIpc) is 2.79. The number of rotatable bonds is 3. The van der Waals surface area contributed by atoms with Crippen LogP contribution in [0.5, 0.6) is 0 Å². The number of urea groups is 1. The lowest BCUT2D eigenvalue weighted by atomic mass is 9.94. The first kappa shape index (κ1) is 13.4. The number of fused-ring (bicyclic) bond motifs is 1. The minimum Gasteiger partial charge on any atom is -0.481 e. The third kappa shape index (κ3) is 2.70. The lowest BCUT2D eigenvalue weighted by Gasteiger charge is -2.23. The highest BCUT2D eigenvalue weighted by atomic mass is 16.4. The third-order valence-electron chi connectivity index (χ3n) is 3.39. The number of carboxylic acids is 1. The van der Waals surface area contributed by atoms with Gasteiger partial charge in [0.05, 0.1) is 5.41 Å². The van der Waals surface area contributed by atoms with Crippen LogP contribution in [0.25, 0.3) is 0 Å². The molecule has 0 fully saturated rings. The Labute approximate surface area is 112 Å². The number of nitrogens with one attached hydrogen (secondary N) is 1. The Morgan fingerprint density at radius 2 is 2.05 bits per heavy atom. The molecule has 2 N–H and O–H groups in total. The molecule has 102 valence electrons. The molecule has 5 nitrogen and oxygen atoms in total. The zero-order valence-corrected chi connectivity index (χ0v) is 11.1. The van der Waals surface area contributed by atoms with Gasteiger partial charge in [0.25, 0.3) is 0 Å². The number of amides is 2. The Morgan fingerprint density at radius 3 is 2.74 bits per heavy atom. The van der Waals surface area contributed by atoms with Crippen LogP contribution in [0, 0.1) is 5.41 Å². The Balaban J connectivity index is 2.01. The molecule has 0 aromatic heterocycles. The highest BCUT2D eigenvalue weighted by Gasteiger charge is 2.30. The molecule has 2 rings (SSSR count). The van der Waals surface area contributed by atoms with E-state index >= 15 is 0 Å². The van der Waals surface area contributed by atoms with E-state index in [0.29, 0.717) is 6.54 Å². The highest BCUT2D eigenvalue weighted by Crippen LogP contribution is 2.27. The van der Waals surface area contributed by atoms with Gasteiger partial charge in [0.2, 0.25) is 0 Å². The summed E-state index contributed by atoms with van der Waals surface area (Å²) in [4.78, 5) is 24.7. The van der Waals surface area contributed by atoms with Crippen molar-refractivity contribution in [3.8, 4) is 0 Å². The van der Waals surface area contributed by atoms with Crippen molar-refractivity contribution >= 4 is 17.7 Å². The Morgan fingerprint density at radius 1 is 1.37 bits per heavy atom. The number of carboxylic acid groups (broad SMARTS) is 1. The lowest BCUT2D eigenvalue weighted by Crippen LogP contribution is -2.45. The number of benzene rings is 1. The van der Waals surface area contributed by atoms with Crippen molar-refractivity contribution in [2.24, 2.45) is 5.41 Å². The first-order valence-electron chi connectivity index (χ1n) is 6.28. The van der Waals surface area contributed by atoms with Crippen molar-refractivity contribution in [3.05, 3.63) is 29.8 Å². The average molecular weight is 262 g/mol. The second-order valence-corrected chi connectivity index (χ2v) is 5.38. The largest absolute Gasteiger partial charge is 0.481 e. The van der Waals surface area contributed by atoms with Crippen LogP contribution in [0.1, 0.15) is 19.4 Å². The van der Waals surface area contributed by atoms with E-state index in [0.717, 1.165) is 17.7 Å². The molecule has 0 radical (unpaired) electrons. The molecule has 1 aromatic rings. The molecule has 1 heterocycles. The number of hydrogen-bond donors (Lipinski definition) is 2. The van der Waals surface area contributed by atoms with Crippen molar-refractivity contribution in [3.63, 3.8) is 0 Å². The molecule has 1 aromatic carbocycles. The lowest BCUT2D eigenvalue weighted by molar-refractivity contribution is -0.146. The maximum atomic E-state index is 12.1. The number of aliphatic carboxylic acids is 1. The summed E-state index contributed by atoms with van der Waals surface area (Å²) in [6.07, 6.45) is 0.839. The fourth-order valence-corrected chi connectivity index (χ4v) is 2.02. The Hall–Kier alpha value is -2.04. The fourth-order valence-electron chi connectivity index (χ4n) is 2.02. The summed E-state index contributed by atoms with van der Waals surface area (Å²) >= 11 is 0. The number of hydrogen-bond acceptors (Lipinski definition) is 2. The van der Waals surface area contributed by atoms with Crippen LogP contribution < -0.4 is 10.2 Å². The number of carbonyl (C=O) groups excluding carboxylic acids is 1. The van der Waals surface area contributed by atoms with Crippen molar-refractivity contribution in [1.29, 1.82) is 0 Å². The van der Waals surface area contributed by atoms with Gasteiger partial charge in [-0.15, -0.1) is 0 Å². The summed E-state index contributed by atoms with van der Waals surface area (Å²) in [7, 11) is 0. The minimum atomic E-state index is -0.963. The van der Waals surface area contributed by atoms with Crippen LogP contribution in [0.2, 0.25) is 0 Å². The third-order valence-corrected chi connectivity index (χ3v) is 3.39. The first-order valence-corrected chi connectivity index (χ1v) is 6.28. The molecule has 0 saturated heterocycles. The molecule has 19 heavy (non-hydrogen) atoms. The molecule has 2 amide bonds. The van der Waals surface area contributed by atoms with E-state index in [4.69, 9.17) is 5.11 Å². The quantitative estimate of drug-likeness (QED) is 0.873. The van der Waals surface area contributed by atoms with Gasteiger partial charge in [0, 0.05) is 18.8 Å². The van der Waals surface area contributed by atoms with E-state index in [1.54, 1.807) is 18.7 Å². The van der Waals surface area contributed by atoms with Gasteiger partial charge in [-0.05, 0) is 31.9 Å². The molecular weight excluding hydrogens is 244 g/mol. The SMILES string of the molecule is CC(C)(CNC(=O)N1CCc2ccccc21)C(=O)O. The summed E-state index contributed by atoms with van der Waals surface area (Å²) in [5.41, 5.74) is 1.10. The van der Waals surface area contributed by atoms with Gasteiger partial charge < -0.3 is 10.4 Å². The predicted molar refractivity (Wildman–Crippen MR) is 72.3 cm³/mol. The van der Waals surface area contributed by atoms with E-state index in [1.165, 1.54) is 0 Å². The zero-order valence-electron chi connectivity index (χ0n) is 11.1. The molecule has 0 bridgehead atoms. The van der Waals surface area contributed by atoms with Gasteiger partial charge in [-0.1, -0.05) is 18.2 Å². The van der Waals surface area contributed by atoms with E-state index in [-0.39, 0.29) is 12.6 Å².